The third kappa shape index (κ3) is 8.53. The van der Waals surface area contributed by atoms with E-state index < -0.39 is 0 Å². The SMILES string of the molecule is C[CH-]C.Cc1ccc(-c2cccc3[cH-]c(C)cc23)cc1.Cc1ccc(-c2cccc3[cH-]c(C)cc23)cc1.[CH-]=[SiH2].[Zr+4]. The van der Waals surface area contributed by atoms with E-state index in [-0.39, 0.29) is 26.2 Å². The number of rotatable bonds is 2. The zero-order chi connectivity index (χ0) is 28.4. The molecule has 0 bridgehead atoms. The third-order valence-corrected chi connectivity index (χ3v) is 6.52. The monoisotopic (exact) mass is 614 g/mol. The van der Waals surface area contributed by atoms with Crippen LogP contribution in [-0.2, 0) is 26.2 Å². The van der Waals surface area contributed by atoms with Crippen molar-refractivity contribution < 1.29 is 26.2 Å². The second kappa shape index (κ2) is 16.4. The van der Waals surface area contributed by atoms with Crippen molar-refractivity contribution in [1.82, 2.24) is 0 Å². The van der Waals surface area contributed by atoms with Crippen LogP contribution in [0.1, 0.15) is 36.1 Å². The van der Waals surface area contributed by atoms with Gasteiger partial charge in [0.1, 0.15) is 0 Å². The van der Waals surface area contributed by atoms with Gasteiger partial charge >= 0.3 is 26.2 Å². The molecule has 0 spiro atoms. The molecule has 0 aliphatic carbocycles. The molecule has 6 aromatic carbocycles. The Morgan fingerprint density at radius 3 is 1.20 bits per heavy atom. The van der Waals surface area contributed by atoms with Crippen LogP contribution in [0.3, 0.4) is 0 Å². The van der Waals surface area contributed by atoms with Crippen molar-refractivity contribution in [2.75, 3.05) is 0 Å². The number of aryl methyl sites for hydroxylation is 4. The topological polar surface area (TPSA) is 0 Å². The van der Waals surface area contributed by atoms with Gasteiger partial charge in [0.25, 0.3) is 0 Å². The fraction of sp³-hybridized carbons (Fsp3) is 0.158. The van der Waals surface area contributed by atoms with E-state index in [9.17, 15) is 0 Å². The summed E-state index contributed by atoms with van der Waals surface area (Å²) in [5, 5.41) is 5.38. The van der Waals surface area contributed by atoms with Gasteiger partial charge in [-0.2, -0.15) is 26.0 Å². The van der Waals surface area contributed by atoms with Crippen LogP contribution in [0.25, 0.3) is 43.8 Å². The summed E-state index contributed by atoms with van der Waals surface area (Å²) in [6, 6.07) is 39.5. The van der Waals surface area contributed by atoms with Crippen molar-refractivity contribution in [3.8, 4) is 22.3 Å². The molecule has 0 unspecified atom stereocenters. The van der Waals surface area contributed by atoms with Crippen LogP contribution >= 0.6 is 0 Å². The van der Waals surface area contributed by atoms with E-state index in [1.807, 2.05) is 20.3 Å². The molecule has 0 radical (unpaired) electrons. The molecular formula is C38H40SiZr. The smallest absolute Gasteiger partial charge is 0.533 e. The molecule has 200 valence electrons. The summed E-state index contributed by atoms with van der Waals surface area (Å²) in [6.07, 6.45) is 6.53. The molecule has 0 N–H and O–H groups in total. The largest absolute Gasteiger partial charge is 4.00 e. The standard InChI is InChI=1S/2C17H15.C3H7.CH3Si.Zr/c2*1-12-6-8-14(9-7-12)16-5-3-4-15-10-13(2)11-17(15)16;1-3-2;1-2;/h2*3-11H,1-2H3;3H,1-2H3;1H,2H2;/q4*-1;+4. The molecule has 0 heterocycles. The molecular weight excluding hydrogens is 576 g/mol. The first-order valence-corrected chi connectivity index (χ1v) is 14.3. The molecule has 0 saturated heterocycles. The van der Waals surface area contributed by atoms with Gasteiger partial charge in [-0.25, -0.2) is 9.85 Å². The van der Waals surface area contributed by atoms with Gasteiger partial charge in [0.2, 0.25) is 0 Å². The van der Waals surface area contributed by atoms with E-state index >= 15 is 0 Å². The Morgan fingerprint density at radius 2 is 0.875 bits per heavy atom. The Morgan fingerprint density at radius 1 is 0.550 bits per heavy atom. The van der Waals surface area contributed by atoms with Gasteiger partial charge in [0, 0.05) is 0 Å². The summed E-state index contributed by atoms with van der Waals surface area (Å²) >= 11 is 0. The van der Waals surface area contributed by atoms with E-state index in [1.165, 1.54) is 75.9 Å². The molecule has 6 aromatic rings. The first kappa shape index (κ1) is 33.3. The van der Waals surface area contributed by atoms with Crippen LogP contribution < -0.4 is 0 Å². The Kier molecular flexibility index (Phi) is 13.6. The van der Waals surface area contributed by atoms with Crippen LogP contribution in [0.4, 0.5) is 0 Å². The van der Waals surface area contributed by atoms with Crippen molar-refractivity contribution in [2.45, 2.75) is 41.5 Å². The predicted octanol–water partition coefficient (Wildman–Crippen LogP) is 9.84. The maximum atomic E-state index is 4.53. The first-order chi connectivity index (χ1) is 18.9. The third-order valence-electron chi connectivity index (χ3n) is 6.52. The van der Waals surface area contributed by atoms with Gasteiger partial charge in [-0.3, -0.25) is 0 Å². The molecule has 0 aliphatic rings. The molecule has 6 rings (SSSR count). The normalized spacial score (nSPS) is 9.85. The molecule has 0 aliphatic heterocycles. The van der Waals surface area contributed by atoms with Crippen molar-refractivity contribution >= 4 is 37.6 Å². The van der Waals surface area contributed by atoms with Gasteiger partial charge in [-0.1, -0.05) is 96.8 Å². The van der Waals surface area contributed by atoms with Crippen LogP contribution in [0.2, 0.25) is 0 Å². The molecule has 0 saturated carbocycles. The Bertz CT molecular complexity index is 1480. The van der Waals surface area contributed by atoms with Gasteiger partial charge in [0.05, 0.1) is 0 Å². The van der Waals surface area contributed by atoms with Crippen molar-refractivity contribution in [1.29, 1.82) is 0 Å². The number of hydrogen-bond donors (Lipinski definition) is 0. The van der Waals surface area contributed by atoms with Crippen molar-refractivity contribution in [3.63, 3.8) is 0 Å². The molecule has 0 atom stereocenters. The van der Waals surface area contributed by atoms with Crippen molar-refractivity contribution in [3.05, 3.63) is 138 Å². The predicted molar refractivity (Wildman–Crippen MR) is 179 cm³/mol. The Labute approximate surface area is 264 Å². The quantitative estimate of drug-likeness (QED) is 0.134. The summed E-state index contributed by atoms with van der Waals surface area (Å²) in [5.41, 5.74) is 10.5. The minimum atomic E-state index is 0. The molecule has 0 aromatic heterocycles. The molecule has 0 nitrogen and oxygen atoms in total. The van der Waals surface area contributed by atoms with E-state index in [0.717, 1.165) is 0 Å². The minimum absolute atomic E-state index is 0. The van der Waals surface area contributed by atoms with Crippen molar-refractivity contribution in [2.24, 2.45) is 0 Å². The van der Waals surface area contributed by atoms with Crippen LogP contribution in [0.15, 0.2) is 109 Å². The summed E-state index contributed by atoms with van der Waals surface area (Å²) in [5.74, 6) is 0. The maximum Gasteiger partial charge on any atom is 4.00 e. The van der Waals surface area contributed by atoms with E-state index in [1.54, 1.807) is 0 Å². The van der Waals surface area contributed by atoms with Gasteiger partial charge in [0.15, 0.2) is 0 Å². The first-order valence-electron chi connectivity index (χ1n) is 13.5. The fourth-order valence-corrected chi connectivity index (χ4v) is 4.74. The summed E-state index contributed by atoms with van der Waals surface area (Å²) in [6.45, 7) is 12.5. The second-order valence-corrected chi connectivity index (χ2v) is 9.99. The van der Waals surface area contributed by atoms with E-state index in [2.05, 4.69) is 143 Å². The summed E-state index contributed by atoms with van der Waals surface area (Å²) in [7, 11) is 1.36. The van der Waals surface area contributed by atoms with Gasteiger partial charge < -0.3 is 12.6 Å². The van der Waals surface area contributed by atoms with Crippen LogP contribution in [-0.4, -0.2) is 16.0 Å². The number of fused-ring (bicyclic) bond motifs is 2. The fourth-order valence-electron chi connectivity index (χ4n) is 4.74. The molecule has 2 heteroatoms. The Hall–Kier alpha value is -2.93. The molecule has 0 amide bonds. The molecule has 40 heavy (non-hydrogen) atoms. The average Bonchev–Trinajstić information content (AvgIpc) is 3.52. The minimum Gasteiger partial charge on any atom is -0.533 e. The van der Waals surface area contributed by atoms with Crippen LogP contribution in [0.5, 0.6) is 0 Å². The van der Waals surface area contributed by atoms with E-state index in [0.29, 0.717) is 0 Å². The number of hydrogen-bond acceptors (Lipinski definition) is 0. The average molecular weight is 616 g/mol. The maximum absolute atomic E-state index is 4.53. The summed E-state index contributed by atoms with van der Waals surface area (Å²) < 4.78 is 0. The zero-order valence-corrected chi connectivity index (χ0v) is 28.6. The number of benzene rings is 4. The Balaban J connectivity index is 0.000000237. The van der Waals surface area contributed by atoms with Crippen LogP contribution in [0, 0.1) is 34.1 Å². The second-order valence-electron chi connectivity index (χ2n) is 9.99. The van der Waals surface area contributed by atoms with E-state index in [4.69, 9.17) is 0 Å². The van der Waals surface area contributed by atoms with Gasteiger partial charge in [-0.15, -0.1) is 69.1 Å². The zero-order valence-electron chi connectivity index (χ0n) is 24.8. The molecule has 0 fully saturated rings. The summed E-state index contributed by atoms with van der Waals surface area (Å²) in [4.78, 5) is 0. The van der Waals surface area contributed by atoms with Gasteiger partial charge in [-0.05, 0) is 25.0 Å².